The molecule has 0 saturated carbocycles. The summed E-state index contributed by atoms with van der Waals surface area (Å²) < 4.78 is 33.0. The zero-order valence-corrected chi connectivity index (χ0v) is 16.9. The fourth-order valence-corrected chi connectivity index (χ4v) is 6.25. The number of sulfonamides is 1. The zero-order valence-electron chi connectivity index (χ0n) is 15.3. The maximum atomic E-state index is 13.1. The second kappa shape index (κ2) is 7.00. The summed E-state index contributed by atoms with van der Waals surface area (Å²) in [4.78, 5) is 17.5. The Morgan fingerprint density at radius 3 is 2.48 bits per heavy atom. The molecule has 148 valence electrons. The van der Waals surface area contributed by atoms with E-state index in [4.69, 9.17) is 16.3 Å². The van der Waals surface area contributed by atoms with Crippen molar-refractivity contribution in [1.29, 1.82) is 0 Å². The SMILES string of the molecule is CCN1C(=O)[C@H]2CN(S(=O)(=O)c3ccc(Cl)cc3)CCN2C12CCOCC2. The predicted octanol–water partition coefficient (Wildman–Crippen LogP) is 1.38. The van der Waals surface area contributed by atoms with E-state index in [-0.39, 0.29) is 23.0 Å². The Morgan fingerprint density at radius 1 is 1.19 bits per heavy atom. The summed E-state index contributed by atoms with van der Waals surface area (Å²) in [5.41, 5.74) is -0.328. The number of likely N-dealkylation sites (N-methyl/N-ethyl adjacent to an activating group) is 1. The van der Waals surface area contributed by atoms with E-state index < -0.39 is 16.1 Å². The molecule has 0 aliphatic carbocycles. The molecule has 0 unspecified atom stereocenters. The van der Waals surface area contributed by atoms with Crippen LogP contribution in [0.1, 0.15) is 19.8 Å². The van der Waals surface area contributed by atoms with Gasteiger partial charge in [0.15, 0.2) is 0 Å². The van der Waals surface area contributed by atoms with E-state index in [0.29, 0.717) is 37.9 Å². The Hall–Kier alpha value is -1.19. The molecule has 1 aromatic carbocycles. The number of rotatable bonds is 3. The van der Waals surface area contributed by atoms with Crippen molar-refractivity contribution in [3.8, 4) is 0 Å². The molecule has 0 N–H and O–H groups in total. The highest BCUT2D eigenvalue weighted by molar-refractivity contribution is 7.89. The quantitative estimate of drug-likeness (QED) is 0.748. The molecule has 3 fully saturated rings. The molecule has 9 heteroatoms. The normalized spacial score (nSPS) is 26.5. The minimum atomic E-state index is -3.65. The highest BCUT2D eigenvalue weighted by atomic mass is 35.5. The second-order valence-electron chi connectivity index (χ2n) is 7.20. The number of piperazine rings is 1. The molecule has 4 rings (SSSR count). The largest absolute Gasteiger partial charge is 0.381 e. The number of hydrogen-bond acceptors (Lipinski definition) is 5. The molecule has 3 aliphatic heterocycles. The van der Waals surface area contributed by atoms with Crippen LogP contribution in [0.2, 0.25) is 5.02 Å². The van der Waals surface area contributed by atoms with Crippen molar-refractivity contribution in [2.24, 2.45) is 0 Å². The highest BCUT2D eigenvalue weighted by Crippen LogP contribution is 2.41. The van der Waals surface area contributed by atoms with Gasteiger partial charge in [-0.3, -0.25) is 9.69 Å². The molecule has 1 atom stereocenters. The summed E-state index contributed by atoms with van der Waals surface area (Å²) in [5.74, 6) is 0.0235. The number of benzene rings is 1. The van der Waals surface area contributed by atoms with Crippen LogP contribution in [-0.4, -0.2) is 79.5 Å². The third kappa shape index (κ3) is 2.98. The summed E-state index contributed by atoms with van der Waals surface area (Å²) in [6.45, 7) is 4.95. The lowest BCUT2D eigenvalue weighted by Crippen LogP contribution is -2.62. The van der Waals surface area contributed by atoms with E-state index in [1.807, 2.05) is 11.8 Å². The lowest BCUT2D eigenvalue weighted by molar-refractivity contribution is -0.135. The average Bonchev–Trinajstić information content (AvgIpc) is 2.90. The van der Waals surface area contributed by atoms with Crippen LogP contribution in [0.4, 0.5) is 0 Å². The first-order valence-corrected chi connectivity index (χ1v) is 11.1. The molecule has 1 aromatic rings. The lowest BCUT2D eigenvalue weighted by atomic mass is 9.97. The van der Waals surface area contributed by atoms with Gasteiger partial charge < -0.3 is 9.64 Å². The highest BCUT2D eigenvalue weighted by Gasteiger charge is 2.58. The predicted molar refractivity (Wildman–Crippen MR) is 101 cm³/mol. The molecule has 3 heterocycles. The minimum Gasteiger partial charge on any atom is -0.381 e. The molecule has 0 aromatic heterocycles. The minimum absolute atomic E-state index is 0.0235. The van der Waals surface area contributed by atoms with E-state index >= 15 is 0 Å². The maximum Gasteiger partial charge on any atom is 0.243 e. The second-order valence-corrected chi connectivity index (χ2v) is 9.58. The van der Waals surface area contributed by atoms with Gasteiger partial charge in [0.25, 0.3) is 0 Å². The molecule has 0 bridgehead atoms. The van der Waals surface area contributed by atoms with Crippen molar-refractivity contribution in [2.45, 2.75) is 36.4 Å². The molecule has 1 spiro atoms. The fourth-order valence-electron chi connectivity index (χ4n) is 4.69. The van der Waals surface area contributed by atoms with Crippen LogP contribution in [0.5, 0.6) is 0 Å². The number of carbonyl (C=O) groups excluding carboxylic acids is 1. The number of fused-ring (bicyclic) bond motifs is 2. The van der Waals surface area contributed by atoms with E-state index in [0.717, 1.165) is 12.8 Å². The van der Waals surface area contributed by atoms with Gasteiger partial charge in [-0.1, -0.05) is 11.6 Å². The molecule has 7 nitrogen and oxygen atoms in total. The van der Waals surface area contributed by atoms with Crippen molar-refractivity contribution in [2.75, 3.05) is 39.4 Å². The zero-order chi connectivity index (χ0) is 19.2. The molecule has 27 heavy (non-hydrogen) atoms. The summed E-state index contributed by atoms with van der Waals surface area (Å²) in [5, 5.41) is 0.491. The number of ether oxygens (including phenoxy) is 1. The number of hydrogen-bond donors (Lipinski definition) is 0. The van der Waals surface area contributed by atoms with Crippen molar-refractivity contribution in [1.82, 2.24) is 14.1 Å². The number of nitrogens with zero attached hydrogens (tertiary/aromatic N) is 3. The molecular formula is C18H24ClN3O4S. The van der Waals surface area contributed by atoms with E-state index in [1.165, 1.54) is 16.4 Å². The lowest BCUT2D eigenvalue weighted by Gasteiger charge is -2.48. The van der Waals surface area contributed by atoms with Crippen LogP contribution in [0, 0.1) is 0 Å². The monoisotopic (exact) mass is 413 g/mol. The first kappa shape index (κ1) is 19.1. The van der Waals surface area contributed by atoms with Crippen LogP contribution in [-0.2, 0) is 19.6 Å². The fraction of sp³-hybridized carbons (Fsp3) is 0.611. The number of carbonyl (C=O) groups is 1. The third-order valence-corrected chi connectivity index (χ3v) is 8.12. The van der Waals surface area contributed by atoms with Gasteiger partial charge in [0.2, 0.25) is 15.9 Å². The van der Waals surface area contributed by atoms with Gasteiger partial charge in [-0.05, 0) is 31.2 Å². The van der Waals surface area contributed by atoms with Gasteiger partial charge in [0, 0.05) is 44.0 Å². The average molecular weight is 414 g/mol. The molecule has 1 amide bonds. The molecule has 3 aliphatic rings. The Kier molecular flexibility index (Phi) is 4.97. The van der Waals surface area contributed by atoms with Gasteiger partial charge in [-0.25, -0.2) is 8.42 Å². The van der Waals surface area contributed by atoms with Crippen molar-refractivity contribution in [3.63, 3.8) is 0 Å². The molecular weight excluding hydrogens is 390 g/mol. The first-order chi connectivity index (χ1) is 12.9. The molecule has 3 saturated heterocycles. The van der Waals surface area contributed by atoms with Gasteiger partial charge in [0.05, 0.1) is 18.1 Å². The Morgan fingerprint density at radius 2 is 1.85 bits per heavy atom. The van der Waals surface area contributed by atoms with Gasteiger partial charge in [-0.2, -0.15) is 4.31 Å². The van der Waals surface area contributed by atoms with Crippen LogP contribution >= 0.6 is 11.6 Å². The Bertz CT molecular complexity index is 824. The van der Waals surface area contributed by atoms with Crippen LogP contribution in [0.25, 0.3) is 0 Å². The van der Waals surface area contributed by atoms with E-state index in [2.05, 4.69) is 4.90 Å². The van der Waals surface area contributed by atoms with Crippen molar-refractivity contribution in [3.05, 3.63) is 29.3 Å². The van der Waals surface area contributed by atoms with Crippen molar-refractivity contribution >= 4 is 27.5 Å². The summed E-state index contributed by atoms with van der Waals surface area (Å²) in [6, 6.07) is 5.74. The first-order valence-electron chi connectivity index (χ1n) is 9.32. The van der Waals surface area contributed by atoms with Gasteiger partial charge in [0.1, 0.15) is 11.7 Å². The Balaban J connectivity index is 1.61. The Labute approximate surface area is 164 Å². The maximum absolute atomic E-state index is 13.1. The molecule has 0 radical (unpaired) electrons. The summed E-state index contributed by atoms with van der Waals surface area (Å²) >= 11 is 5.88. The number of amides is 1. The topological polar surface area (TPSA) is 70.2 Å². The number of halogens is 1. The standard InChI is InChI=1S/C18H24ClN3O4S/c1-2-21-17(23)16-13-20(27(24,25)15-5-3-14(19)4-6-15)9-10-22(16)18(21)7-11-26-12-8-18/h3-6,16H,2,7-13H2,1H3/t16-/m1/s1. The summed E-state index contributed by atoms with van der Waals surface area (Å²) in [6.07, 6.45) is 1.54. The third-order valence-electron chi connectivity index (χ3n) is 5.99. The van der Waals surface area contributed by atoms with Crippen LogP contribution in [0.3, 0.4) is 0 Å². The smallest absolute Gasteiger partial charge is 0.243 e. The summed E-state index contributed by atoms with van der Waals surface area (Å²) in [7, 11) is -3.65. The van der Waals surface area contributed by atoms with Gasteiger partial charge in [-0.15, -0.1) is 0 Å². The van der Waals surface area contributed by atoms with Crippen LogP contribution < -0.4 is 0 Å². The van der Waals surface area contributed by atoms with E-state index in [1.54, 1.807) is 12.1 Å². The van der Waals surface area contributed by atoms with E-state index in [9.17, 15) is 13.2 Å². The van der Waals surface area contributed by atoms with Crippen molar-refractivity contribution < 1.29 is 17.9 Å². The van der Waals surface area contributed by atoms with Gasteiger partial charge >= 0.3 is 0 Å². The van der Waals surface area contributed by atoms with Crippen LogP contribution in [0.15, 0.2) is 29.2 Å².